The molecule has 1 aliphatic rings. The van der Waals surface area contributed by atoms with Crippen molar-refractivity contribution in [1.82, 2.24) is 4.90 Å². The van der Waals surface area contributed by atoms with Crippen molar-refractivity contribution in [3.05, 3.63) is 59.7 Å². The third kappa shape index (κ3) is 5.58. The van der Waals surface area contributed by atoms with Gasteiger partial charge in [0.25, 0.3) is 0 Å². The number of thioether (sulfide) groups is 1. The van der Waals surface area contributed by atoms with Crippen LogP contribution in [0.15, 0.2) is 53.4 Å². The highest BCUT2D eigenvalue weighted by Gasteiger charge is 2.26. The molecule has 2 aromatic carbocycles. The summed E-state index contributed by atoms with van der Waals surface area (Å²) in [6.45, 7) is 2.93. The first-order valence-corrected chi connectivity index (χ1v) is 10.7. The van der Waals surface area contributed by atoms with E-state index in [2.05, 4.69) is 11.0 Å². The molecular weight excluding hydrogens is 358 g/mol. The van der Waals surface area contributed by atoms with E-state index in [4.69, 9.17) is 9.84 Å². The van der Waals surface area contributed by atoms with Gasteiger partial charge < -0.3 is 9.84 Å². The number of ketones is 1. The van der Waals surface area contributed by atoms with E-state index in [1.54, 1.807) is 11.8 Å². The molecule has 4 nitrogen and oxygen atoms in total. The lowest BCUT2D eigenvalue weighted by Gasteiger charge is -2.32. The van der Waals surface area contributed by atoms with E-state index >= 15 is 0 Å². The number of hydrogen-bond donors (Lipinski definition) is 1. The summed E-state index contributed by atoms with van der Waals surface area (Å²) >= 11 is 1.69. The van der Waals surface area contributed by atoms with E-state index in [0.29, 0.717) is 6.61 Å². The van der Waals surface area contributed by atoms with Crippen LogP contribution in [0.4, 0.5) is 0 Å². The summed E-state index contributed by atoms with van der Waals surface area (Å²) in [4.78, 5) is 16.4. The largest absolute Gasteiger partial charge is 0.491 e. The van der Waals surface area contributed by atoms with Gasteiger partial charge in [0, 0.05) is 29.5 Å². The van der Waals surface area contributed by atoms with Crippen molar-refractivity contribution in [3.63, 3.8) is 0 Å². The average molecular weight is 386 g/mol. The predicted molar refractivity (Wildman–Crippen MR) is 110 cm³/mol. The Kier molecular flexibility index (Phi) is 7.33. The van der Waals surface area contributed by atoms with Crippen molar-refractivity contribution in [3.8, 4) is 5.75 Å². The lowest BCUT2D eigenvalue weighted by molar-refractivity contribution is 0.0811. The van der Waals surface area contributed by atoms with Gasteiger partial charge in [0.1, 0.15) is 12.4 Å². The van der Waals surface area contributed by atoms with Crippen LogP contribution in [0.5, 0.6) is 5.75 Å². The zero-order chi connectivity index (χ0) is 19.1. The molecule has 0 aromatic heterocycles. The molecule has 1 aliphatic heterocycles. The lowest BCUT2D eigenvalue weighted by atomic mass is 9.90. The second-order valence-electron chi connectivity index (χ2n) is 6.89. The highest BCUT2D eigenvalue weighted by Crippen LogP contribution is 2.24. The quantitative estimate of drug-likeness (QED) is 0.552. The van der Waals surface area contributed by atoms with Crippen molar-refractivity contribution in [2.75, 3.05) is 32.6 Å². The van der Waals surface area contributed by atoms with E-state index < -0.39 is 0 Å². The molecule has 1 heterocycles. The van der Waals surface area contributed by atoms with Crippen molar-refractivity contribution in [2.24, 2.45) is 5.92 Å². The maximum absolute atomic E-state index is 12.9. The smallest absolute Gasteiger partial charge is 0.167 e. The van der Waals surface area contributed by atoms with Crippen LogP contribution in [0.2, 0.25) is 0 Å². The zero-order valence-electron chi connectivity index (χ0n) is 15.8. The summed E-state index contributed by atoms with van der Waals surface area (Å²) in [5.41, 5.74) is 1.99. The summed E-state index contributed by atoms with van der Waals surface area (Å²) in [6.07, 6.45) is 4.04. The van der Waals surface area contributed by atoms with Crippen LogP contribution < -0.4 is 4.74 Å². The van der Waals surface area contributed by atoms with E-state index in [0.717, 1.165) is 43.8 Å². The van der Waals surface area contributed by atoms with Crippen LogP contribution >= 0.6 is 11.8 Å². The second kappa shape index (κ2) is 9.93. The maximum atomic E-state index is 12.9. The van der Waals surface area contributed by atoms with Crippen LogP contribution in [-0.4, -0.2) is 48.3 Å². The summed E-state index contributed by atoms with van der Waals surface area (Å²) in [7, 11) is 0. The number of aliphatic hydroxyl groups excluding tert-OH is 1. The minimum absolute atomic E-state index is 0.0120. The molecule has 1 fully saturated rings. The standard InChI is InChI=1S/C22H27NO3S/c1-27-21-9-7-18(8-10-21)22(25)19-5-3-11-23(16-19)15-17-4-2-6-20(14-17)26-13-12-24/h2,4,6-10,14,19,24H,3,5,11-13,15-16H2,1H3/t19-/m1/s1. The van der Waals surface area contributed by atoms with Gasteiger partial charge in [-0.25, -0.2) is 0 Å². The maximum Gasteiger partial charge on any atom is 0.167 e. The number of Topliss-reactive ketones (excluding diaryl/α,β-unsaturated/α-hetero) is 1. The van der Waals surface area contributed by atoms with Gasteiger partial charge in [-0.3, -0.25) is 9.69 Å². The van der Waals surface area contributed by atoms with Crippen LogP contribution in [0.1, 0.15) is 28.8 Å². The molecule has 2 aromatic rings. The molecular formula is C22H27NO3S. The summed E-state index contributed by atoms with van der Waals surface area (Å²) < 4.78 is 5.50. The van der Waals surface area contributed by atoms with Crippen LogP contribution in [0, 0.1) is 5.92 Å². The number of nitrogens with zero attached hydrogens (tertiary/aromatic N) is 1. The Morgan fingerprint density at radius 3 is 2.81 bits per heavy atom. The molecule has 0 radical (unpaired) electrons. The fourth-order valence-corrected chi connectivity index (χ4v) is 3.97. The molecule has 0 bridgehead atoms. The van der Waals surface area contributed by atoms with Crippen molar-refractivity contribution in [1.29, 1.82) is 0 Å². The van der Waals surface area contributed by atoms with Crippen molar-refractivity contribution < 1.29 is 14.6 Å². The number of hydrogen-bond acceptors (Lipinski definition) is 5. The first-order chi connectivity index (χ1) is 13.2. The topological polar surface area (TPSA) is 49.8 Å². The lowest BCUT2D eigenvalue weighted by Crippen LogP contribution is -2.38. The Balaban J connectivity index is 1.61. The van der Waals surface area contributed by atoms with Gasteiger partial charge in [0.15, 0.2) is 5.78 Å². The Bertz CT molecular complexity index is 747. The van der Waals surface area contributed by atoms with E-state index in [-0.39, 0.29) is 18.3 Å². The highest BCUT2D eigenvalue weighted by molar-refractivity contribution is 7.98. The molecule has 1 N–H and O–H groups in total. The van der Waals surface area contributed by atoms with Crippen LogP contribution in [0.3, 0.4) is 0 Å². The molecule has 0 aliphatic carbocycles. The molecule has 0 amide bonds. The number of aliphatic hydroxyl groups is 1. The SMILES string of the molecule is CSc1ccc(C(=O)[C@@H]2CCCN(Cc3cccc(OCCO)c3)C2)cc1. The Morgan fingerprint density at radius 2 is 2.07 bits per heavy atom. The molecule has 1 atom stereocenters. The van der Waals surface area contributed by atoms with Crippen molar-refractivity contribution in [2.45, 2.75) is 24.3 Å². The van der Waals surface area contributed by atoms with Gasteiger partial charge in [0.05, 0.1) is 6.61 Å². The van der Waals surface area contributed by atoms with Gasteiger partial charge in [0.2, 0.25) is 0 Å². The Hall–Kier alpha value is -1.82. The molecule has 5 heteroatoms. The first kappa shape index (κ1) is 19.9. The van der Waals surface area contributed by atoms with Gasteiger partial charge in [-0.05, 0) is 55.5 Å². The monoisotopic (exact) mass is 385 g/mol. The number of carbonyl (C=O) groups is 1. The van der Waals surface area contributed by atoms with E-state index in [1.807, 2.05) is 48.7 Å². The predicted octanol–water partition coefficient (Wildman–Crippen LogP) is 3.87. The summed E-state index contributed by atoms with van der Waals surface area (Å²) in [5, 5.41) is 8.90. The fraction of sp³-hybridized carbons (Fsp3) is 0.409. The van der Waals surface area contributed by atoms with E-state index in [9.17, 15) is 4.79 Å². The molecule has 0 spiro atoms. The molecule has 0 saturated carbocycles. The highest BCUT2D eigenvalue weighted by atomic mass is 32.2. The minimum Gasteiger partial charge on any atom is -0.491 e. The number of carbonyl (C=O) groups excluding carboxylic acids is 1. The molecule has 27 heavy (non-hydrogen) atoms. The van der Waals surface area contributed by atoms with Crippen LogP contribution in [0.25, 0.3) is 0 Å². The van der Waals surface area contributed by atoms with Gasteiger partial charge in [-0.2, -0.15) is 0 Å². The number of piperidine rings is 1. The fourth-order valence-electron chi connectivity index (χ4n) is 3.56. The Morgan fingerprint density at radius 1 is 1.26 bits per heavy atom. The third-order valence-electron chi connectivity index (χ3n) is 4.92. The molecule has 0 unspecified atom stereocenters. The number of likely N-dealkylation sites (tertiary alicyclic amines) is 1. The molecule has 3 rings (SSSR count). The first-order valence-electron chi connectivity index (χ1n) is 9.43. The number of rotatable bonds is 8. The average Bonchev–Trinajstić information content (AvgIpc) is 2.72. The molecule has 144 valence electrons. The number of ether oxygens (including phenoxy) is 1. The van der Waals surface area contributed by atoms with E-state index in [1.165, 1.54) is 10.5 Å². The van der Waals surface area contributed by atoms with Crippen molar-refractivity contribution >= 4 is 17.5 Å². The van der Waals surface area contributed by atoms with Gasteiger partial charge >= 0.3 is 0 Å². The second-order valence-corrected chi connectivity index (χ2v) is 7.77. The minimum atomic E-state index is 0.0120. The van der Waals surface area contributed by atoms with Gasteiger partial charge in [-0.15, -0.1) is 11.8 Å². The van der Waals surface area contributed by atoms with Crippen LogP contribution in [-0.2, 0) is 6.54 Å². The molecule has 1 saturated heterocycles. The Labute approximate surface area is 165 Å². The zero-order valence-corrected chi connectivity index (χ0v) is 16.6. The summed E-state index contributed by atoms with van der Waals surface area (Å²) in [6, 6.07) is 15.9. The summed E-state index contributed by atoms with van der Waals surface area (Å²) in [5.74, 6) is 1.10. The number of benzene rings is 2. The normalized spacial score (nSPS) is 17.6. The van der Waals surface area contributed by atoms with Gasteiger partial charge in [-0.1, -0.05) is 24.3 Å². The third-order valence-corrected chi connectivity index (χ3v) is 5.66.